The van der Waals surface area contributed by atoms with Crippen molar-refractivity contribution >= 4 is 23.2 Å². The Morgan fingerprint density at radius 1 is 1.26 bits per heavy atom. The summed E-state index contributed by atoms with van der Waals surface area (Å²) in [6.07, 6.45) is 1.69. The fourth-order valence-electron chi connectivity index (χ4n) is 1.68. The van der Waals surface area contributed by atoms with Gasteiger partial charge in [-0.2, -0.15) is 0 Å². The summed E-state index contributed by atoms with van der Waals surface area (Å²) in [5.41, 5.74) is 0.146. The van der Waals surface area contributed by atoms with E-state index in [-0.39, 0.29) is 11.3 Å². The number of rotatable bonds is 2. The van der Waals surface area contributed by atoms with Crippen LogP contribution in [0.5, 0.6) is 0 Å². The van der Waals surface area contributed by atoms with Crippen molar-refractivity contribution in [2.45, 2.75) is 26.4 Å². The van der Waals surface area contributed by atoms with Gasteiger partial charge in [0.2, 0.25) is 0 Å². The van der Waals surface area contributed by atoms with Crippen LogP contribution < -0.4 is 0 Å². The summed E-state index contributed by atoms with van der Waals surface area (Å²) < 4.78 is 5.26. The van der Waals surface area contributed by atoms with E-state index in [2.05, 4.69) is 4.98 Å². The van der Waals surface area contributed by atoms with Crippen LogP contribution in [0.4, 0.5) is 0 Å². The average Bonchev–Trinajstić information content (AvgIpc) is 2.35. The van der Waals surface area contributed by atoms with Crippen LogP contribution in [0.2, 0.25) is 0 Å². The molecule has 97 valence electrons. The Kier molecular flexibility index (Phi) is 3.34. The van der Waals surface area contributed by atoms with Gasteiger partial charge in [-0.25, -0.2) is 9.78 Å². The lowest BCUT2D eigenvalue weighted by Crippen LogP contribution is -2.24. The molecule has 4 nitrogen and oxygen atoms in total. The summed E-state index contributed by atoms with van der Waals surface area (Å²) in [5, 5.41) is 0.780. The SMILES string of the molecule is CC(C)(C)OC(=O)c1cc2ccccc2nc1[C]=O. The molecule has 0 fully saturated rings. The third kappa shape index (κ3) is 2.96. The van der Waals surface area contributed by atoms with Crippen LogP contribution in [0.3, 0.4) is 0 Å². The molecular weight excluding hydrogens is 242 g/mol. The van der Waals surface area contributed by atoms with Crippen LogP contribution in [0, 0.1) is 0 Å². The maximum atomic E-state index is 12.0. The molecule has 0 atom stereocenters. The molecule has 0 spiro atoms. The first-order valence-electron chi connectivity index (χ1n) is 5.92. The zero-order valence-corrected chi connectivity index (χ0v) is 11.1. The largest absolute Gasteiger partial charge is 0.456 e. The predicted octanol–water partition coefficient (Wildman–Crippen LogP) is 2.65. The summed E-state index contributed by atoms with van der Waals surface area (Å²) in [6, 6.07) is 8.86. The highest BCUT2D eigenvalue weighted by Gasteiger charge is 2.21. The second kappa shape index (κ2) is 4.80. The molecular formula is C15H14NO3. The first kappa shape index (κ1) is 13.2. The number of hydrogen-bond acceptors (Lipinski definition) is 4. The van der Waals surface area contributed by atoms with Gasteiger partial charge in [0.1, 0.15) is 11.3 Å². The third-order valence-electron chi connectivity index (χ3n) is 2.44. The van der Waals surface area contributed by atoms with E-state index in [1.807, 2.05) is 18.2 Å². The number of carbonyl (C=O) groups excluding carboxylic acids is 2. The summed E-state index contributed by atoms with van der Waals surface area (Å²) >= 11 is 0. The second-order valence-electron chi connectivity index (χ2n) is 5.18. The Labute approximate surface area is 111 Å². The van der Waals surface area contributed by atoms with Gasteiger partial charge >= 0.3 is 5.97 Å². The summed E-state index contributed by atoms with van der Waals surface area (Å²) in [6.45, 7) is 5.30. The van der Waals surface area contributed by atoms with Gasteiger partial charge in [0.15, 0.2) is 0 Å². The highest BCUT2D eigenvalue weighted by Crippen LogP contribution is 2.19. The number of aromatic nitrogens is 1. The van der Waals surface area contributed by atoms with E-state index >= 15 is 0 Å². The van der Waals surface area contributed by atoms with Crippen molar-refractivity contribution < 1.29 is 14.3 Å². The predicted molar refractivity (Wildman–Crippen MR) is 71.7 cm³/mol. The Morgan fingerprint density at radius 3 is 2.58 bits per heavy atom. The minimum absolute atomic E-state index is 0.0204. The average molecular weight is 256 g/mol. The van der Waals surface area contributed by atoms with E-state index in [0.29, 0.717) is 5.52 Å². The fraction of sp³-hybridized carbons (Fsp3) is 0.267. The molecule has 1 aromatic heterocycles. The van der Waals surface area contributed by atoms with E-state index in [1.54, 1.807) is 39.2 Å². The molecule has 1 heterocycles. The smallest absolute Gasteiger partial charge is 0.341 e. The van der Waals surface area contributed by atoms with Crippen LogP contribution in [0.1, 0.15) is 36.8 Å². The normalized spacial score (nSPS) is 11.3. The first-order valence-corrected chi connectivity index (χ1v) is 5.92. The van der Waals surface area contributed by atoms with Crippen molar-refractivity contribution in [3.05, 3.63) is 41.6 Å². The highest BCUT2D eigenvalue weighted by molar-refractivity contribution is 6.01. The number of fused-ring (bicyclic) bond motifs is 1. The zero-order valence-electron chi connectivity index (χ0n) is 11.1. The quantitative estimate of drug-likeness (QED) is 0.775. The van der Waals surface area contributed by atoms with Gasteiger partial charge in [0.05, 0.1) is 11.1 Å². The monoisotopic (exact) mass is 256 g/mol. The number of benzene rings is 1. The standard InChI is InChI=1S/C15H14NO3/c1-15(2,3)19-14(18)11-8-10-6-4-5-7-12(10)16-13(11)9-17/h4-8H,1-3H3. The van der Waals surface area contributed by atoms with E-state index in [0.717, 1.165) is 5.39 Å². The van der Waals surface area contributed by atoms with Gasteiger partial charge in [-0.05, 0) is 32.9 Å². The van der Waals surface area contributed by atoms with Gasteiger partial charge in [-0.1, -0.05) is 18.2 Å². The molecule has 1 radical (unpaired) electrons. The Morgan fingerprint density at radius 2 is 1.95 bits per heavy atom. The maximum Gasteiger partial charge on any atom is 0.341 e. The molecule has 0 unspecified atom stereocenters. The van der Waals surface area contributed by atoms with Crippen molar-refractivity contribution in [3.8, 4) is 0 Å². The lowest BCUT2D eigenvalue weighted by molar-refractivity contribution is 0.00690. The van der Waals surface area contributed by atoms with Crippen molar-refractivity contribution in [3.63, 3.8) is 0 Å². The molecule has 2 aromatic rings. The number of hydrogen-bond donors (Lipinski definition) is 0. The molecule has 0 N–H and O–H groups in total. The van der Waals surface area contributed by atoms with Gasteiger partial charge in [-0.15, -0.1) is 0 Å². The molecule has 2 rings (SSSR count). The number of pyridine rings is 1. The summed E-state index contributed by atoms with van der Waals surface area (Å²) in [7, 11) is 0. The molecule has 0 bridgehead atoms. The molecule has 0 saturated carbocycles. The molecule has 1 aromatic carbocycles. The van der Waals surface area contributed by atoms with Crippen LogP contribution in [-0.4, -0.2) is 22.8 Å². The number of carbonyl (C=O) groups is 1. The molecule has 4 heteroatoms. The fourth-order valence-corrected chi connectivity index (χ4v) is 1.68. The summed E-state index contributed by atoms with van der Waals surface area (Å²) in [4.78, 5) is 27.1. The van der Waals surface area contributed by atoms with E-state index < -0.39 is 11.6 Å². The van der Waals surface area contributed by atoms with Crippen LogP contribution in [0.25, 0.3) is 10.9 Å². The molecule has 0 saturated heterocycles. The number of para-hydroxylation sites is 1. The molecule has 0 aliphatic rings. The van der Waals surface area contributed by atoms with E-state index in [1.165, 1.54) is 0 Å². The van der Waals surface area contributed by atoms with Gasteiger partial charge in [0.25, 0.3) is 6.29 Å². The maximum absolute atomic E-state index is 12.0. The Balaban J connectivity index is 2.52. The van der Waals surface area contributed by atoms with Crippen molar-refractivity contribution in [2.24, 2.45) is 0 Å². The first-order chi connectivity index (χ1) is 8.90. The van der Waals surface area contributed by atoms with E-state index in [4.69, 9.17) is 4.74 Å². The van der Waals surface area contributed by atoms with Crippen LogP contribution in [0.15, 0.2) is 30.3 Å². The minimum Gasteiger partial charge on any atom is -0.456 e. The molecule has 0 amide bonds. The van der Waals surface area contributed by atoms with Crippen molar-refractivity contribution in [2.75, 3.05) is 0 Å². The second-order valence-corrected chi connectivity index (χ2v) is 5.18. The van der Waals surface area contributed by atoms with Crippen molar-refractivity contribution in [1.82, 2.24) is 4.98 Å². The number of esters is 1. The minimum atomic E-state index is -0.622. The third-order valence-corrected chi connectivity index (χ3v) is 2.44. The van der Waals surface area contributed by atoms with E-state index in [9.17, 15) is 9.59 Å². The Hall–Kier alpha value is -2.23. The van der Waals surface area contributed by atoms with Crippen LogP contribution in [-0.2, 0) is 9.53 Å². The van der Waals surface area contributed by atoms with Crippen LogP contribution >= 0.6 is 0 Å². The molecule has 0 aliphatic heterocycles. The Bertz CT molecular complexity index is 641. The van der Waals surface area contributed by atoms with Gasteiger partial charge in [0, 0.05) is 5.39 Å². The molecule has 19 heavy (non-hydrogen) atoms. The highest BCUT2D eigenvalue weighted by atomic mass is 16.6. The van der Waals surface area contributed by atoms with Gasteiger partial charge < -0.3 is 4.74 Å². The number of ether oxygens (including phenoxy) is 1. The lowest BCUT2D eigenvalue weighted by Gasteiger charge is -2.19. The summed E-state index contributed by atoms with van der Waals surface area (Å²) in [5.74, 6) is -0.566. The van der Waals surface area contributed by atoms with Crippen molar-refractivity contribution in [1.29, 1.82) is 0 Å². The lowest BCUT2D eigenvalue weighted by atomic mass is 10.1. The molecule has 0 aliphatic carbocycles. The van der Waals surface area contributed by atoms with Gasteiger partial charge in [-0.3, -0.25) is 4.79 Å². The zero-order chi connectivity index (χ0) is 14.0. The topological polar surface area (TPSA) is 56.3 Å². The number of nitrogens with zero attached hydrogens (tertiary/aromatic N) is 1.